The molecule has 1 rings (SSSR count). The third-order valence-corrected chi connectivity index (χ3v) is 4.97. The van der Waals surface area contributed by atoms with Gasteiger partial charge in [-0.25, -0.2) is 0 Å². The van der Waals surface area contributed by atoms with Gasteiger partial charge < -0.3 is 10.4 Å². The smallest absolute Gasteiger partial charge is 0.271 e. The van der Waals surface area contributed by atoms with Crippen LogP contribution in [-0.4, -0.2) is 45.5 Å². The molecule has 1 aromatic rings. The summed E-state index contributed by atoms with van der Waals surface area (Å²) in [6.07, 6.45) is 16.6. The van der Waals surface area contributed by atoms with E-state index in [2.05, 4.69) is 12.2 Å². The van der Waals surface area contributed by atoms with E-state index in [0.717, 1.165) is 19.3 Å². The Hall–Kier alpha value is -1.11. The monoisotopic (exact) mass is 415 g/mol. The van der Waals surface area contributed by atoms with Gasteiger partial charge in [-0.15, -0.1) is 0 Å². The van der Waals surface area contributed by atoms with Crippen LogP contribution in [0.5, 0.6) is 5.75 Å². The third kappa shape index (κ3) is 13.7. The number of nitro benzene ring substituents is 1. The largest absolute Gasteiger partial charge is 0.506 e. The molecule has 0 saturated carbocycles. The number of hydrogen-bond acceptors (Lipinski definition) is 4. The molecule has 29 heavy (non-hydrogen) atoms. The summed E-state index contributed by atoms with van der Waals surface area (Å²) in [7, 11) is 0. The van der Waals surface area contributed by atoms with Crippen molar-refractivity contribution >= 4 is 46.8 Å². The van der Waals surface area contributed by atoms with Gasteiger partial charge in [-0.05, 0) is 12.5 Å². The molecule has 0 heterocycles. The fraction of sp³-hybridized carbons (Fsp3) is 0.682. The van der Waals surface area contributed by atoms with Gasteiger partial charge in [0.15, 0.2) is 0 Å². The van der Waals surface area contributed by atoms with Crippen molar-refractivity contribution in [2.45, 2.75) is 96.8 Å². The molecule has 0 fully saturated rings. The number of unbranched alkanes of at least 4 members (excludes halogenated alkanes) is 12. The number of nitro groups is 1. The molecule has 0 aliphatic heterocycles. The van der Waals surface area contributed by atoms with Gasteiger partial charge in [0.25, 0.3) is 5.69 Å². The maximum atomic E-state index is 12.0. The molecule has 0 bridgehead atoms. The molecule has 0 unspecified atom stereocenters. The average molecular weight is 416 g/mol. The van der Waals surface area contributed by atoms with Gasteiger partial charge in [-0.2, -0.15) is 0 Å². The Kier molecular flexibility index (Phi) is 17.0. The van der Waals surface area contributed by atoms with Crippen LogP contribution in [-0.2, 0) is 4.79 Å². The summed E-state index contributed by atoms with van der Waals surface area (Å²) >= 11 is 0. The summed E-state index contributed by atoms with van der Waals surface area (Å²) < 4.78 is 0. The van der Waals surface area contributed by atoms with Gasteiger partial charge in [0.2, 0.25) is 5.91 Å². The summed E-state index contributed by atoms with van der Waals surface area (Å²) in [6.45, 7) is 2.24. The molecule has 1 radical (unpaired) electrons. The summed E-state index contributed by atoms with van der Waals surface area (Å²) in [5, 5.41) is 23.0. The maximum Gasteiger partial charge on any atom is 0.271 e. The molecule has 0 atom stereocenters. The van der Waals surface area contributed by atoms with E-state index < -0.39 is 4.92 Å². The Bertz CT molecular complexity index is 596. The van der Waals surface area contributed by atoms with E-state index in [4.69, 9.17) is 0 Å². The van der Waals surface area contributed by atoms with Crippen LogP contribution in [0.4, 0.5) is 11.4 Å². The normalized spacial score (nSPS) is 10.4. The van der Waals surface area contributed by atoms with E-state index in [-0.39, 0.29) is 52.6 Å². The summed E-state index contributed by atoms with van der Waals surface area (Å²) in [4.78, 5) is 22.2. The second-order valence-corrected chi connectivity index (χ2v) is 7.50. The van der Waals surface area contributed by atoms with Crippen LogP contribution in [0.15, 0.2) is 18.2 Å². The number of phenolic OH excluding ortho intramolecular Hbond substituents is 1. The van der Waals surface area contributed by atoms with Crippen LogP contribution in [0.1, 0.15) is 96.8 Å². The van der Waals surface area contributed by atoms with Crippen LogP contribution in [0.3, 0.4) is 0 Å². The predicted octanol–water partition coefficient (Wildman–Crippen LogP) is 6.34. The van der Waals surface area contributed by atoms with Gasteiger partial charge in [-0.3, -0.25) is 14.9 Å². The number of hydrogen-bond donors (Lipinski definition) is 2. The minimum absolute atomic E-state index is 0. The van der Waals surface area contributed by atoms with Crippen molar-refractivity contribution in [1.29, 1.82) is 0 Å². The molecule has 0 aliphatic rings. The Morgan fingerprint density at radius 2 is 1.41 bits per heavy atom. The fourth-order valence-electron chi connectivity index (χ4n) is 3.25. The number of nitrogens with zero attached hydrogens (tertiary/aromatic N) is 1. The SMILES string of the molecule is CCCCCCCCCCCCCCCC(=O)Nc1cc([N+](=O)[O-])ccc1O.[Na]. The van der Waals surface area contributed by atoms with Crippen LogP contribution < -0.4 is 5.32 Å². The number of non-ortho nitro benzene ring substituents is 1. The number of anilines is 1. The van der Waals surface area contributed by atoms with Gasteiger partial charge in [0.1, 0.15) is 5.75 Å². The minimum atomic E-state index is -0.554. The summed E-state index contributed by atoms with van der Waals surface area (Å²) in [6, 6.07) is 3.60. The summed E-state index contributed by atoms with van der Waals surface area (Å²) in [5.74, 6) is -0.386. The van der Waals surface area contributed by atoms with E-state index in [1.165, 1.54) is 82.4 Å². The fourth-order valence-corrected chi connectivity index (χ4v) is 3.25. The van der Waals surface area contributed by atoms with Crippen molar-refractivity contribution in [2.24, 2.45) is 0 Å². The number of aromatic hydroxyl groups is 1. The van der Waals surface area contributed by atoms with Crippen LogP contribution in [0.25, 0.3) is 0 Å². The first-order chi connectivity index (χ1) is 13.5. The first kappa shape index (κ1) is 27.9. The van der Waals surface area contributed by atoms with E-state index in [9.17, 15) is 20.0 Å². The summed E-state index contributed by atoms with van der Waals surface area (Å²) in [5.41, 5.74) is -0.0667. The van der Waals surface area contributed by atoms with E-state index in [0.29, 0.717) is 6.42 Å². The number of nitrogens with one attached hydrogen (secondary N) is 1. The van der Waals surface area contributed by atoms with Crippen molar-refractivity contribution in [3.05, 3.63) is 28.3 Å². The Balaban J connectivity index is 0.00000784. The van der Waals surface area contributed by atoms with Gasteiger partial charge in [0.05, 0.1) is 10.6 Å². The number of amides is 1. The van der Waals surface area contributed by atoms with E-state index in [1.807, 2.05) is 0 Å². The molecule has 2 N–H and O–H groups in total. The molecule has 0 spiro atoms. The molecular weight excluding hydrogens is 379 g/mol. The molecule has 1 aromatic carbocycles. The maximum absolute atomic E-state index is 12.0. The van der Waals surface area contributed by atoms with Crippen LogP contribution >= 0.6 is 0 Å². The van der Waals surface area contributed by atoms with Crippen molar-refractivity contribution in [3.8, 4) is 5.75 Å². The number of phenols is 1. The average Bonchev–Trinajstić information content (AvgIpc) is 2.67. The predicted molar refractivity (Wildman–Crippen MR) is 119 cm³/mol. The van der Waals surface area contributed by atoms with Crippen LogP contribution in [0.2, 0.25) is 0 Å². The zero-order valence-corrected chi connectivity index (χ0v) is 20.3. The van der Waals surface area contributed by atoms with E-state index in [1.54, 1.807) is 0 Å². The van der Waals surface area contributed by atoms with E-state index >= 15 is 0 Å². The second kappa shape index (κ2) is 17.7. The standard InChI is InChI=1S/C22H36N2O4.Na/c1-2-3-4-5-6-7-8-9-10-11-12-13-14-15-22(26)23-20-18-19(24(27)28)16-17-21(20)25;/h16-18,25H,2-15H2,1H3,(H,23,26);. The quantitative estimate of drug-likeness (QED) is 0.108. The molecule has 6 nitrogen and oxygen atoms in total. The molecule has 7 heteroatoms. The number of carbonyl (C=O) groups excluding carboxylic acids is 1. The third-order valence-electron chi connectivity index (χ3n) is 4.97. The molecule has 0 aromatic heterocycles. The Morgan fingerprint density at radius 1 is 0.931 bits per heavy atom. The molecule has 1 amide bonds. The van der Waals surface area contributed by atoms with Gasteiger partial charge in [0, 0.05) is 48.1 Å². The molecular formula is C22H36N2NaO4. The molecule has 0 saturated heterocycles. The Labute approximate surface area is 197 Å². The van der Waals surface area contributed by atoms with Crippen LogP contribution in [0, 0.1) is 10.1 Å². The number of benzene rings is 1. The van der Waals surface area contributed by atoms with Crippen molar-refractivity contribution < 1.29 is 14.8 Å². The zero-order chi connectivity index (χ0) is 20.6. The minimum Gasteiger partial charge on any atom is -0.506 e. The van der Waals surface area contributed by atoms with Gasteiger partial charge >= 0.3 is 0 Å². The Morgan fingerprint density at radius 3 is 1.90 bits per heavy atom. The number of carbonyl (C=O) groups is 1. The number of rotatable bonds is 16. The zero-order valence-electron chi connectivity index (χ0n) is 18.3. The van der Waals surface area contributed by atoms with Crippen molar-refractivity contribution in [2.75, 3.05) is 5.32 Å². The second-order valence-electron chi connectivity index (χ2n) is 7.50. The topological polar surface area (TPSA) is 92.5 Å². The molecule has 159 valence electrons. The van der Waals surface area contributed by atoms with Gasteiger partial charge in [-0.1, -0.05) is 84.0 Å². The first-order valence-electron chi connectivity index (χ1n) is 10.8. The van der Waals surface area contributed by atoms with Crippen molar-refractivity contribution in [3.63, 3.8) is 0 Å². The first-order valence-corrected chi connectivity index (χ1v) is 10.8. The molecule has 0 aliphatic carbocycles. The van der Waals surface area contributed by atoms with Crippen molar-refractivity contribution in [1.82, 2.24) is 0 Å².